The van der Waals surface area contributed by atoms with E-state index >= 15 is 0 Å². The molecule has 1 aliphatic rings. The number of aromatic nitrogens is 2. The van der Waals surface area contributed by atoms with Gasteiger partial charge in [0.05, 0.1) is 0 Å². The first kappa shape index (κ1) is 15.9. The van der Waals surface area contributed by atoms with Crippen LogP contribution in [0.2, 0.25) is 0 Å². The molecule has 0 saturated heterocycles. The lowest BCUT2D eigenvalue weighted by molar-refractivity contribution is 0.303. The van der Waals surface area contributed by atoms with Gasteiger partial charge in [0, 0.05) is 12.5 Å². The Balaban J connectivity index is 1.75. The van der Waals surface area contributed by atoms with Crippen LogP contribution in [0.25, 0.3) is 0 Å². The van der Waals surface area contributed by atoms with Gasteiger partial charge in [0.1, 0.15) is 10.0 Å². The average molecular weight is 295 g/mol. The zero-order valence-corrected chi connectivity index (χ0v) is 13.8. The SMILES string of the molecule is CCCCC1CCC(c2nnc(CNCCC)s2)CC1. The number of nitrogens with one attached hydrogen (secondary N) is 1. The third-order valence-electron chi connectivity index (χ3n) is 4.35. The fourth-order valence-electron chi connectivity index (χ4n) is 3.07. The molecule has 0 spiro atoms. The van der Waals surface area contributed by atoms with Gasteiger partial charge in [-0.1, -0.05) is 44.4 Å². The van der Waals surface area contributed by atoms with Crippen molar-refractivity contribution in [2.75, 3.05) is 6.54 Å². The van der Waals surface area contributed by atoms with Crippen molar-refractivity contribution in [3.8, 4) is 0 Å². The van der Waals surface area contributed by atoms with Crippen LogP contribution in [-0.2, 0) is 6.54 Å². The molecule has 0 amide bonds. The monoisotopic (exact) mass is 295 g/mol. The Morgan fingerprint density at radius 1 is 1.10 bits per heavy atom. The van der Waals surface area contributed by atoms with Gasteiger partial charge < -0.3 is 5.32 Å². The normalized spacial score (nSPS) is 23.1. The largest absolute Gasteiger partial charge is 0.310 e. The molecule has 0 atom stereocenters. The zero-order chi connectivity index (χ0) is 14.2. The van der Waals surface area contributed by atoms with E-state index in [1.165, 1.54) is 56.4 Å². The van der Waals surface area contributed by atoms with Gasteiger partial charge in [0.2, 0.25) is 0 Å². The summed E-state index contributed by atoms with van der Waals surface area (Å²) in [5, 5.41) is 14.6. The summed E-state index contributed by atoms with van der Waals surface area (Å²) in [6.45, 7) is 6.44. The molecule has 3 nitrogen and oxygen atoms in total. The van der Waals surface area contributed by atoms with Gasteiger partial charge in [-0.3, -0.25) is 0 Å². The van der Waals surface area contributed by atoms with Crippen LogP contribution in [0.3, 0.4) is 0 Å². The molecule has 0 bridgehead atoms. The quantitative estimate of drug-likeness (QED) is 0.717. The lowest BCUT2D eigenvalue weighted by Crippen LogP contribution is -2.13. The van der Waals surface area contributed by atoms with E-state index in [-0.39, 0.29) is 0 Å². The first-order chi connectivity index (χ1) is 9.83. The Labute approximate surface area is 127 Å². The molecule has 20 heavy (non-hydrogen) atoms. The van der Waals surface area contributed by atoms with Crippen molar-refractivity contribution in [3.05, 3.63) is 10.0 Å². The fourth-order valence-corrected chi connectivity index (χ4v) is 4.05. The molecule has 1 fully saturated rings. The van der Waals surface area contributed by atoms with E-state index in [0.29, 0.717) is 5.92 Å². The topological polar surface area (TPSA) is 37.8 Å². The van der Waals surface area contributed by atoms with Crippen LogP contribution in [0.1, 0.15) is 81.1 Å². The summed E-state index contributed by atoms with van der Waals surface area (Å²) >= 11 is 1.82. The van der Waals surface area contributed by atoms with Gasteiger partial charge in [-0.15, -0.1) is 10.2 Å². The molecular weight excluding hydrogens is 266 g/mol. The first-order valence-electron chi connectivity index (χ1n) is 8.36. The van der Waals surface area contributed by atoms with Crippen LogP contribution in [-0.4, -0.2) is 16.7 Å². The molecule has 0 unspecified atom stereocenters. The van der Waals surface area contributed by atoms with Crippen molar-refractivity contribution in [3.63, 3.8) is 0 Å². The summed E-state index contributed by atoms with van der Waals surface area (Å²) in [7, 11) is 0. The van der Waals surface area contributed by atoms with Gasteiger partial charge >= 0.3 is 0 Å². The molecule has 2 rings (SSSR count). The van der Waals surface area contributed by atoms with Gasteiger partial charge in [-0.05, 0) is 44.6 Å². The molecule has 0 radical (unpaired) electrons. The van der Waals surface area contributed by atoms with Crippen LogP contribution < -0.4 is 5.32 Å². The second-order valence-corrected chi connectivity index (χ2v) is 7.16. The molecule has 1 heterocycles. The van der Waals surface area contributed by atoms with Gasteiger partial charge in [0.15, 0.2) is 0 Å². The van der Waals surface area contributed by atoms with Crippen molar-refractivity contribution in [2.24, 2.45) is 5.92 Å². The van der Waals surface area contributed by atoms with E-state index in [0.717, 1.165) is 24.0 Å². The van der Waals surface area contributed by atoms with Crippen molar-refractivity contribution in [1.82, 2.24) is 15.5 Å². The van der Waals surface area contributed by atoms with Crippen LogP contribution in [0.15, 0.2) is 0 Å². The number of unbranched alkanes of at least 4 members (excludes halogenated alkanes) is 1. The van der Waals surface area contributed by atoms with E-state index in [4.69, 9.17) is 0 Å². The third kappa shape index (κ3) is 4.81. The van der Waals surface area contributed by atoms with Crippen molar-refractivity contribution < 1.29 is 0 Å². The molecular formula is C16H29N3S. The molecule has 1 saturated carbocycles. The highest BCUT2D eigenvalue weighted by Crippen LogP contribution is 2.38. The van der Waals surface area contributed by atoms with Crippen molar-refractivity contribution in [1.29, 1.82) is 0 Å². The fraction of sp³-hybridized carbons (Fsp3) is 0.875. The summed E-state index contributed by atoms with van der Waals surface area (Å²) in [5.74, 6) is 1.66. The minimum Gasteiger partial charge on any atom is -0.310 e. The van der Waals surface area contributed by atoms with Gasteiger partial charge in [-0.2, -0.15) is 0 Å². The van der Waals surface area contributed by atoms with E-state index in [1.807, 2.05) is 11.3 Å². The maximum atomic E-state index is 4.43. The maximum absolute atomic E-state index is 4.43. The summed E-state index contributed by atoms with van der Waals surface area (Å²) in [6, 6.07) is 0. The zero-order valence-electron chi connectivity index (χ0n) is 13.0. The van der Waals surface area contributed by atoms with Crippen LogP contribution >= 0.6 is 11.3 Å². The first-order valence-corrected chi connectivity index (χ1v) is 9.18. The van der Waals surface area contributed by atoms with Crippen LogP contribution in [0.4, 0.5) is 0 Å². The van der Waals surface area contributed by atoms with Gasteiger partial charge in [-0.25, -0.2) is 0 Å². The molecule has 4 heteroatoms. The van der Waals surface area contributed by atoms with Crippen molar-refractivity contribution >= 4 is 11.3 Å². The lowest BCUT2D eigenvalue weighted by Gasteiger charge is -2.26. The van der Waals surface area contributed by atoms with E-state index < -0.39 is 0 Å². The minimum absolute atomic E-state index is 0.685. The highest BCUT2D eigenvalue weighted by Gasteiger charge is 2.24. The maximum Gasteiger partial charge on any atom is 0.131 e. The van der Waals surface area contributed by atoms with Crippen LogP contribution in [0, 0.1) is 5.92 Å². The number of hydrogen-bond donors (Lipinski definition) is 1. The van der Waals surface area contributed by atoms with E-state index in [9.17, 15) is 0 Å². The Hall–Kier alpha value is -0.480. The average Bonchev–Trinajstić information content (AvgIpc) is 2.95. The predicted octanol–water partition coefficient (Wildman–Crippen LogP) is 4.50. The number of rotatable bonds is 8. The minimum atomic E-state index is 0.685. The number of hydrogen-bond acceptors (Lipinski definition) is 4. The number of nitrogens with zero attached hydrogens (tertiary/aromatic N) is 2. The van der Waals surface area contributed by atoms with E-state index in [2.05, 4.69) is 29.4 Å². The standard InChI is InChI=1S/C16H29N3S/c1-3-5-6-13-7-9-14(10-8-13)16-19-18-15(20-16)12-17-11-4-2/h13-14,17H,3-12H2,1-2H3. The predicted molar refractivity (Wildman–Crippen MR) is 86.1 cm³/mol. The molecule has 1 aromatic heterocycles. The Morgan fingerprint density at radius 3 is 2.60 bits per heavy atom. The molecule has 1 N–H and O–H groups in total. The van der Waals surface area contributed by atoms with E-state index in [1.54, 1.807) is 0 Å². The van der Waals surface area contributed by atoms with Crippen LogP contribution in [0.5, 0.6) is 0 Å². The molecule has 1 aromatic rings. The Bertz CT molecular complexity index is 370. The molecule has 114 valence electrons. The second kappa shape index (κ2) is 8.73. The summed E-state index contributed by atoms with van der Waals surface area (Å²) < 4.78 is 0. The Kier molecular flexibility index (Phi) is 6.94. The second-order valence-electron chi connectivity index (χ2n) is 6.07. The highest BCUT2D eigenvalue weighted by atomic mass is 32.1. The lowest BCUT2D eigenvalue weighted by atomic mass is 9.80. The Morgan fingerprint density at radius 2 is 1.90 bits per heavy atom. The van der Waals surface area contributed by atoms with Gasteiger partial charge in [0.25, 0.3) is 0 Å². The third-order valence-corrected chi connectivity index (χ3v) is 5.43. The van der Waals surface area contributed by atoms with Crippen molar-refractivity contribution in [2.45, 2.75) is 77.7 Å². The smallest absolute Gasteiger partial charge is 0.131 e. The summed E-state index contributed by atoms with van der Waals surface area (Å²) in [6.07, 6.45) is 10.8. The summed E-state index contributed by atoms with van der Waals surface area (Å²) in [5.41, 5.74) is 0. The molecule has 0 aromatic carbocycles. The summed E-state index contributed by atoms with van der Waals surface area (Å²) in [4.78, 5) is 0. The highest BCUT2D eigenvalue weighted by molar-refractivity contribution is 7.11. The molecule has 1 aliphatic carbocycles. The molecule has 0 aliphatic heterocycles.